The standard InChI is InChI=1S/C19H31NO5/c1-9-11-20(15(21)12-16(22)24-8)17(13(3)4)14(10-2)18(23)25-19(5,6)7/h9-10,13,17H,1,11-12H2,2-8H3/b14-10-. The zero-order valence-electron chi connectivity index (χ0n) is 16.4. The Bertz CT molecular complexity index is 528. The minimum Gasteiger partial charge on any atom is -0.469 e. The number of methoxy groups -OCH3 is 1. The first-order valence-electron chi connectivity index (χ1n) is 8.35. The predicted octanol–water partition coefficient (Wildman–Crippen LogP) is 2.88. The molecule has 0 spiro atoms. The Morgan fingerprint density at radius 3 is 2.12 bits per heavy atom. The van der Waals surface area contributed by atoms with Crippen LogP contribution in [0.2, 0.25) is 0 Å². The predicted molar refractivity (Wildman–Crippen MR) is 96.8 cm³/mol. The van der Waals surface area contributed by atoms with Gasteiger partial charge in [0.15, 0.2) is 0 Å². The second-order valence-corrected chi connectivity index (χ2v) is 7.02. The van der Waals surface area contributed by atoms with Crippen LogP contribution in [0.5, 0.6) is 0 Å². The van der Waals surface area contributed by atoms with Crippen molar-refractivity contribution in [2.45, 2.75) is 59.6 Å². The molecule has 0 radical (unpaired) electrons. The molecule has 0 aromatic carbocycles. The normalized spacial score (nSPS) is 13.2. The van der Waals surface area contributed by atoms with E-state index in [1.54, 1.807) is 39.8 Å². The molecule has 142 valence electrons. The lowest BCUT2D eigenvalue weighted by molar-refractivity contribution is -0.151. The number of rotatable bonds is 8. The van der Waals surface area contributed by atoms with Crippen LogP contribution >= 0.6 is 0 Å². The first kappa shape index (κ1) is 22.9. The van der Waals surface area contributed by atoms with Gasteiger partial charge in [-0.25, -0.2) is 4.79 Å². The highest BCUT2D eigenvalue weighted by atomic mass is 16.6. The average molecular weight is 353 g/mol. The second kappa shape index (κ2) is 10.0. The van der Waals surface area contributed by atoms with Crippen molar-refractivity contribution < 1.29 is 23.9 Å². The van der Waals surface area contributed by atoms with Crippen LogP contribution < -0.4 is 0 Å². The van der Waals surface area contributed by atoms with Crippen LogP contribution in [0.3, 0.4) is 0 Å². The molecule has 0 fully saturated rings. The third-order valence-corrected chi connectivity index (χ3v) is 3.40. The van der Waals surface area contributed by atoms with Gasteiger partial charge in [0, 0.05) is 6.54 Å². The van der Waals surface area contributed by atoms with Crippen molar-refractivity contribution in [2.75, 3.05) is 13.7 Å². The summed E-state index contributed by atoms with van der Waals surface area (Å²) in [5.41, 5.74) is -0.267. The maximum Gasteiger partial charge on any atom is 0.336 e. The van der Waals surface area contributed by atoms with Crippen molar-refractivity contribution in [1.82, 2.24) is 4.90 Å². The number of esters is 2. The maximum absolute atomic E-state index is 12.6. The third kappa shape index (κ3) is 7.54. The number of nitrogens with zero attached hydrogens (tertiary/aromatic N) is 1. The van der Waals surface area contributed by atoms with Gasteiger partial charge in [-0.15, -0.1) is 6.58 Å². The monoisotopic (exact) mass is 353 g/mol. The Morgan fingerprint density at radius 2 is 1.76 bits per heavy atom. The van der Waals surface area contributed by atoms with Gasteiger partial charge in [-0.05, 0) is 33.6 Å². The molecule has 0 aromatic heterocycles. The molecular weight excluding hydrogens is 322 g/mol. The number of hydrogen-bond acceptors (Lipinski definition) is 5. The summed E-state index contributed by atoms with van der Waals surface area (Å²) < 4.78 is 10.0. The Balaban J connectivity index is 5.75. The smallest absolute Gasteiger partial charge is 0.336 e. The van der Waals surface area contributed by atoms with E-state index >= 15 is 0 Å². The molecule has 1 atom stereocenters. The molecule has 25 heavy (non-hydrogen) atoms. The lowest BCUT2D eigenvalue weighted by Gasteiger charge is -2.35. The third-order valence-electron chi connectivity index (χ3n) is 3.40. The van der Waals surface area contributed by atoms with E-state index in [2.05, 4.69) is 11.3 Å². The van der Waals surface area contributed by atoms with Gasteiger partial charge in [0.2, 0.25) is 5.91 Å². The fourth-order valence-corrected chi connectivity index (χ4v) is 2.44. The molecule has 0 aliphatic carbocycles. The lowest BCUT2D eigenvalue weighted by Crippen LogP contribution is -2.47. The van der Waals surface area contributed by atoms with Gasteiger partial charge < -0.3 is 14.4 Å². The molecule has 0 N–H and O–H groups in total. The highest BCUT2D eigenvalue weighted by molar-refractivity contribution is 5.96. The summed E-state index contributed by atoms with van der Waals surface area (Å²) in [5, 5.41) is 0. The number of allylic oxidation sites excluding steroid dienone is 1. The number of ether oxygens (including phenoxy) is 2. The highest BCUT2D eigenvalue weighted by Crippen LogP contribution is 2.24. The van der Waals surface area contributed by atoms with E-state index < -0.39 is 35.9 Å². The van der Waals surface area contributed by atoms with Crippen molar-refractivity contribution in [3.8, 4) is 0 Å². The van der Waals surface area contributed by atoms with E-state index in [0.29, 0.717) is 5.57 Å². The fourth-order valence-electron chi connectivity index (χ4n) is 2.44. The molecule has 0 heterocycles. The van der Waals surface area contributed by atoms with Gasteiger partial charge in [-0.2, -0.15) is 0 Å². The van der Waals surface area contributed by atoms with E-state index in [-0.39, 0.29) is 12.5 Å². The Labute approximate surface area is 150 Å². The minimum absolute atomic E-state index is 0.0692. The van der Waals surface area contributed by atoms with E-state index in [9.17, 15) is 14.4 Å². The first-order valence-corrected chi connectivity index (χ1v) is 8.35. The summed E-state index contributed by atoms with van der Waals surface area (Å²) in [5.74, 6) is -1.59. The van der Waals surface area contributed by atoms with Crippen molar-refractivity contribution in [2.24, 2.45) is 5.92 Å². The molecule has 1 unspecified atom stereocenters. The van der Waals surface area contributed by atoms with E-state index in [0.717, 1.165) is 0 Å². The van der Waals surface area contributed by atoms with E-state index in [4.69, 9.17) is 4.74 Å². The Kier molecular flexibility index (Phi) is 9.17. The number of hydrogen-bond donors (Lipinski definition) is 0. The summed E-state index contributed by atoms with van der Waals surface area (Å²) in [6.45, 7) is 14.8. The molecule has 1 amide bonds. The van der Waals surface area contributed by atoms with Crippen LogP contribution in [0.4, 0.5) is 0 Å². The number of amides is 1. The van der Waals surface area contributed by atoms with Crippen LogP contribution in [-0.4, -0.2) is 48.0 Å². The van der Waals surface area contributed by atoms with Crippen LogP contribution in [0.1, 0.15) is 48.0 Å². The van der Waals surface area contributed by atoms with Gasteiger partial charge in [-0.3, -0.25) is 9.59 Å². The van der Waals surface area contributed by atoms with Gasteiger partial charge in [0.1, 0.15) is 12.0 Å². The zero-order valence-corrected chi connectivity index (χ0v) is 16.4. The lowest BCUT2D eigenvalue weighted by atomic mass is 9.93. The summed E-state index contributed by atoms with van der Waals surface area (Å²) >= 11 is 0. The molecule has 6 nitrogen and oxygen atoms in total. The van der Waals surface area contributed by atoms with E-state index in [1.807, 2.05) is 13.8 Å². The van der Waals surface area contributed by atoms with Crippen LogP contribution in [-0.2, 0) is 23.9 Å². The van der Waals surface area contributed by atoms with Crippen LogP contribution in [0.15, 0.2) is 24.3 Å². The topological polar surface area (TPSA) is 72.9 Å². The van der Waals surface area contributed by atoms with Crippen molar-refractivity contribution in [1.29, 1.82) is 0 Å². The fraction of sp³-hybridized carbons (Fsp3) is 0.632. The van der Waals surface area contributed by atoms with E-state index in [1.165, 1.54) is 12.0 Å². The summed E-state index contributed by atoms with van der Waals surface area (Å²) in [7, 11) is 1.23. The largest absolute Gasteiger partial charge is 0.469 e. The molecule has 0 saturated carbocycles. The minimum atomic E-state index is -0.647. The molecule has 0 aromatic rings. The van der Waals surface area contributed by atoms with Gasteiger partial charge in [-0.1, -0.05) is 26.0 Å². The molecule has 0 aliphatic heterocycles. The second-order valence-electron chi connectivity index (χ2n) is 7.02. The van der Waals surface area contributed by atoms with Crippen molar-refractivity contribution in [3.63, 3.8) is 0 Å². The number of carbonyl (C=O) groups excluding carboxylic acids is 3. The van der Waals surface area contributed by atoms with Gasteiger partial charge >= 0.3 is 11.9 Å². The van der Waals surface area contributed by atoms with Crippen LogP contribution in [0.25, 0.3) is 0 Å². The maximum atomic E-state index is 12.6. The van der Waals surface area contributed by atoms with Crippen LogP contribution in [0, 0.1) is 5.92 Å². The first-order chi connectivity index (χ1) is 11.5. The Morgan fingerprint density at radius 1 is 1.20 bits per heavy atom. The molecule has 0 bridgehead atoms. The van der Waals surface area contributed by atoms with Gasteiger partial charge in [0.05, 0.1) is 18.7 Å². The molecule has 0 rings (SSSR count). The average Bonchev–Trinajstić information content (AvgIpc) is 2.48. The highest BCUT2D eigenvalue weighted by Gasteiger charge is 2.34. The SMILES string of the molecule is C=CCN(C(=O)CC(=O)OC)C(/C(=C/C)C(=O)OC(C)(C)C)C(C)C. The summed E-state index contributed by atoms with van der Waals surface area (Å²) in [6, 6.07) is -0.532. The molecular formula is C19H31NO5. The van der Waals surface area contributed by atoms with Gasteiger partial charge in [0.25, 0.3) is 0 Å². The Hall–Kier alpha value is -2.11. The molecule has 6 heteroatoms. The quantitative estimate of drug-likeness (QED) is 0.290. The zero-order chi connectivity index (χ0) is 19.8. The van der Waals surface area contributed by atoms with Crippen molar-refractivity contribution >= 4 is 17.8 Å². The summed E-state index contributed by atoms with van der Waals surface area (Å²) in [4.78, 5) is 38.1. The summed E-state index contributed by atoms with van der Waals surface area (Å²) in [6.07, 6.45) is 2.83. The molecule has 0 saturated heterocycles. The van der Waals surface area contributed by atoms with Crippen molar-refractivity contribution in [3.05, 3.63) is 24.3 Å². The number of carbonyl (C=O) groups is 3. The molecule has 0 aliphatic rings.